The molecule has 2 aromatic rings. The SMILES string of the molecule is COC(C)(C(=O)NCC(C(=O)O)c1ccc(F)cc1)c1ccccc1. The third-order valence-electron chi connectivity index (χ3n) is 4.20. The molecular formula is C19H20FNO4. The Kier molecular flexibility index (Phi) is 5.88. The van der Waals surface area contributed by atoms with Crippen molar-refractivity contribution in [3.8, 4) is 0 Å². The molecule has 1 amide bonds. The number of halogens is 1. The molecule has 0 aliphatic carbocycles. The Balaban J connectivity index is 2.15. The number of hydrogen-bond acceptors (Lipinski definition) is 3. The van der Waals surface area contributed by atoms with Gasteiger partial charge in [-0.1, -0.05) is 42.5 Å². The van der Waals surface area contributed by atoms with Crippen LogP contribution in [0.5, 0.6) is 0 Å². The van der Waals surface area contributed by atoms with Crippen molar-refractivity contribution >= 4 is 11.9 Å². The molecule has 0 heterocycles. The fraction of sp³-hybridized carbons (Fsp3) is 0.263. The van der Waals surface area contributed by atoms with Gasteiger partial charge in [-0.15, -0.1) is 0 Å². The van der Waals surface area contributed by atoms with Gasteiger partial charge in [0, 0.05) is 13.7 Å². The molecule has 2 atom stereocenters. The molecule has 0 bridgehead atoms. The molecule has 2 unspecified atom stereocenters. The second-order valence-electron chi connectivity index (χ2n) is 5.76. The van der Waals surface area contributed by atoms with Crippen LogP contribution >= 0.6 is 0 Å². The molecule has 0 radical (unpaired) electrons. The van der Waals surface area contributed by atoms with Crippen molar-refractivity contribution in [1.82, 2.24) is 5.32 Å². The standard InChI is InChI=1S/C19H20FNO4/c1-19(25-2,14-6-4-3-5-7-14)18(24)21-12-16(17(22)23)13-8-10-15(20)11-9-13/h3-11,16H,12H2,1-2H3,(H,21,24)(H,22,23). The summed E-state index contributed by atoms with van der Waals surface area (Å²) in [6.45, 7) is 1.48. The number of nitrogens with one attached hydrogen (secondary N) is 1. The summed E-state index contributed by atoms with van der Waals surface area (Å²) in [4.78, 5) is 24.1. The van der Waals surface area contributed by atoms with E-state index in [1.165, 1.54) is 31.4 Å². The van der Waals surface area contributed by atoms with Gasteiger partial charge in [0.1, 0.15) is 5.82 Å². The maximum absolute atomic E-state index is 13.0. The first kappa shape index (κ1) is 18.6. The Morgan fingerprint density at radius 1 is 1.16 bits per heavy atom. The van der Waals surface area contributed by atoms with E-state index in [0.717, 1.165) is 0 Å². The zero-order chi connectivity index (χ0) is 18.4. The average molecular weight is 345 g/mol. The number of aliphatic carboxylic acids is 1. The third-order valence-corrected chi connectivity index (χ3v) is 4.20. The summed E-state index contributed by atoms with van der Waals surface area (Å²) in [5.74, 6) is -2.99. The van der Waals surface area contributed by atoms with Gasteiger partial charge in [0.25, 0.3) is 5.91 Å². The van der Waals surface area contributed by atoms with E-state index in [1.54, 1.807) is 31.2 Å². The predicted molar refractivity (Wildman–Crippen MR) is 90.6 cm³/mol. The minimum absolute atomic E-state index is 0.133. The predicted octanol–water partition coefficient (Wildman–Crippen LogP) is 2.67. The molecule has 0 aliphatic rings. The van der Waals surface area contributed by atoms with Crippen molar-refractivity contribution in [2.24, 2.45) is 0 Å². The maximum atomic E-state index is 13.0. The zero-order valence-electron chi connectivity index (χ0n) is 14.0. The van der Waals surface area contributed by atoms with E-state index < -0.39 is 29.2 Å². The van der Waals surface area contributed by atoms with Gasteiger partial charge in [0.2, 0.25) is 0 Å². The number of methoxy groups -OCH3 is 1. The van der Waals surface area contributed by atoms with Gasteiger partial charge in [-0.25, -0.2) is 4.39 Å². The van der Waals surface area contributed by atoms with Crippen LogP contribution in [0.3, 0.4) is 0 Å². The van der Waals surface area contributed by atoms with E-state index in [9.17, 15) is 19.1 Å². The minimum Gasteiger partial charge on any atom is -0.481 e. The first-order chi connectivity index (χ1) is 11.9. The molecule has 0 aromatic heterocycles. The number of carboxylic acids is 1. The molecule has 5 nitrogen and oxygen atoms in total. The van der Waals surface area contributed by atoms with Gasteiger partial charge in [0.05, 0.1) is 5.92 Å². The van der Waals surface area contributed by atoms with E-state index in [1.807, 2.05) is 6.07 Å². The summed E-state index contributed by atoms with van der Waals surface area (Å²) in [6, 6.07) is 14.1. The van der Waals surface area contributed by atoms with E-state index >= 15 is 0 Å². The average Bonchev–Trinajstić information content (AvgIpc) is 2.63. The van der Waals surface area contributed by atoms with Crippen LogP contribution in [0.15, 0.2) is 54.6 Å². The highest BCUT2D eigenvalue weighted by atomic mass is 19.1. The minimum atomic E-state index is -1.24. The molecule has 132 valence electrons. The lowest BCUT2D eigenvalue weighted by Crippen LogP contribution is -2.45. The number of hydrogen-bond donors (Lipinski definition) is 2. The molecule has 2 aromatic carbocycles. The number of amides is 1. The van der Waals surface area contributed by atoms with E-state index in [4.69, 9.17) is 4.74 Å². The van der Waals surface area contributed by atoms with Crippen LogP contribution in [-0.2, 0) is 19.9 Å². The number of benzene rings is 2. The molecule has 6 heteroatoms. The van der Waals surface area contributed by atoms with Gasteiger partial charge in [-0.2, -0.15) is 0 Å². The van der Waals surface area contributed by atoms with Crippen molar-refractivity contribution in [2.75, 3.05) is 13.7 Å². The molecule has 0 aliphatic heterocycles. The van der Waals surface area contributed by atoms with Crippen LogP contribution in [0.4, 0.5) is 4.39 Å². The number of carbonyl (C=O) groups excluding carboxylic acids is 1. The van der Waals surface area contributed by atoms with Crippen LogP contribution < -0.4 is 5.32 Å². The van der Waals surface area contributed by atoms with Gasteiger partial charge in [-0.3, -0.25) is 9.59 Å². The Bertz CT molecular complexity index is 733. The van der Waals surface area contributed by atoms with Crippen molar-refractivity contribution in [3.63, 3.8) is 0 Å². The largest absolute Gasteiger partial charge is 0.481 e. The van der Waals surface area contributed by atoms with Gasteiger partial charge in [-0.05, 0) is 30.2 Å². The first-order valence-electron chi connectivity index (χ1n) is 7.75. The van der Waals surface area contributed by atoms with Gasteiger partial charge < -0.3 is 15.2 Å². The van der Waals surface area contributed by atoms with Crippen LogP contribution in [0.25, 0.3) is 0 Å². The lowest BCUT2D eigenvalue weighted by Gasteiger charge is -2.28. The maximum Gasteiger partial charge on any atom is 0.312 e. The normalized spacial score (nSPS) is 14.4. The van der Waals surface area contributed by atoms with Gasteiger partial charge >= 0.3 is 5.97 Å². The summed E-state index contributed by atoms with van der Waals surface area (Å²) >= 11 is 0. The third kappa shape index (κ3) is 4.22. The summed E-state index contributed by atoms with van der Waals surface area (Å²) in [5, 5.41) is 12.0. The number of carboxylic acid groups (broad SMARTS) is 1. The number of ether oxygens (including phenoxy) is 1. The Morgan fingerprint density at radius 3 is 2.28 bits per heavy atom. The summed E-state index contributed by atoms with van der Waals surface area (Å²) in [7, 11) is 1.42. The Morgan fingerprint density at radius 2 is 1.76 bits per heavy atom. The highest BCUT2D eigenvalue weighted by molar-refractivity contribution is 5.87. The number of rotatable bonds is 7. The molecule has 0 spiro atoms. The highest BCUT2D eigenvalue weighted by Gasteiger charge is 2.35. The smallest absolute Gasteiger partial charge is 0.312 e. The highest BCUT2D eigenvalue weighted by Crippen LogP contribution is 2.25. The summed E-state index contributed by atoms with van der Waals surface area (Å²) in [5.41, 5.74) is -0.177. The topological polar surface area (TPSA) is 75.6 Å². The molecule has 2 N–H and O–H groups in total. The lowest BCUT2D eigenvalue weighted by molar-refractivity contribution is -0.143. The molecule has 0 fully saturated rings. The van der Waals surface area contributed by atoms with E-state index in [-0.39, 0.29) is 6.54 Å². The van der Waals surface area contributed by atoms with Crippen molar-refractivity contribution in [3.05, 3.63) is 71.5 Å². The van der Waals surface area contributed by atoms with Crippen LogP contribution in [0.1, 0.15) is 24.0 Å². The van der Waals surface area contributed by atoms with Crippen LogP contribution in [0, 0.1) is 5.82 Å². The molecular weight excluding hydrogens is 325 g/mol. The van der Waals surface area contributed by atoms with E-state index in [0.29, 0.717) is 11.1 Å². The van der Waals surface area contributed by atoms with Crippen molar-refractivity contribution in [2.45, 2.75) is 18.4 Å². The zero-order valence-corrected chi connectivity index (χ0v) is 14.0. The van der Waals surface area contributed by atoms with Crippen LogP contribution in [0.2, 0.25) is 0 Å². The van der Waals surface area contributed by atoms with E-state index in [2.05, 4.69) is 5.32 Å². The molecule has 2 rings (SSSR count). The second kappa shape index (κ2) is 7.90. The van der Waals surface area contributed by atoms with Crippen molar-refractivity contribution < 1.29 is 23.8 Å². The summed E-state index contributed by atoms with van der Waals surface area (Å²) in [6.07, 6.45) is 0. The molecule has 0 saturated carbocycles. The monoisotopic (exact) mass is 345 g/mol. The Hall–Kier alpha value is -2.73. The lowest BCUT2D eigenvalue weighted by atomic mass is 9.93. The second-order valence-corrected chi connectivity index (χ2v) is 5.76. The quantitative estimate of drug-likeness (QED) is 0.809. The fourth-order valence-corrected chi connectivity index (χ4v) is 2.50. The Labute approximate surface area is 145 Å². The summed E-state index contributed by atoms with van der Waals surface area (Å²) < 4.78 is 18.4. The van der Waals surface area contributed by atoms with Gasteiger partial charge in [0.15, 0.2) is 5.60 Å². The first-order valence-corrected chi connectivity index (χ1v) is 7.75. The van der Waals surface area contributed by atoms with Crippen LogP contribution in [-0.4, -0.2) is 30.6 Å². The molecule has 0 saturated heterocycles. The van der Waals surface area contributed by atoms with Crippen molar-refractivity contribution in [1.29, 1.82) is 0 Å². The number of carbonyl (C=O) groups is 2. The fourth-order valence-electron chi connectivity index (χ4n) is 2.50. The molecule has 25 heavy (non-hydrogen) atoms.